The van der Waals surface area contributed by atoms with Gasteiger partial charge in [-0.3, -0.25) is 14.4 Å². The fourth-order valence-electron chi connectivity index (χ4n) is 1.83. The van der Waals surface area contributed by atoms with Crippen LogP contribution in [0, 0.1) is 11.8 Å². The van der Waals surface area contributed by atoms with Crippen molar-refractivity contribution in [2.75, 3.05) is 19.6 Å². The van der Waals surface area contributed by atoms with Gasteiger partial charge in [0.15, 0.2) is 0 Å². The van der Waals surface area contributed by atoms with Crippen molar-refractivity contribution in [3.8, 4) is 0 Å². The van der Waals surface area contributed by atoms with Gasteiger partial charge in [-0.15, -0.1) is 0 Å². The number of hydrogen-bond acceptors (Lipinski definition) is 4. The van der Waals surface area contributed by atoms with Gasteiger partial charge in [-0.05, 0) is 24.7 Å². The van der Waals surface area contributed by atoms with E-state index in [1.54, 1.807) is 0 Å². The Morgan fingerprint density at radius 1 is 1.10 bits per heavy atom. The van der Waals surface area contributed by atoms with Gasteiger partial charge in [0.1, 0.15) is 0 Å². The number of rotatable bonds is 10. The molecule has 0 bridgehead atoms. The summed E-state index contributed by atoms with van der Waals surface area (Å²) < 4.78 is 0. The SMILES string of the molecule is CC(C)C(CCNC(=O)CNC(=O)CN)CCC(=O)O. The Kier molecular flexibility index (Phi) is 9.36. The zero-order chi connectivity index (χ0) is 15.5. The zero-order valence-electron chi connectivity index (χ0n) is 12.1. The highest BCUT2D eigenvalue weighted by Crippen LogP contribution is 2.20. The number of aliphatic carboxylic acids is 1. The van der Waals surface area contributed by atoms with Gasteiger partial charge in [-0.2, -0.15) is 0 Å². The van der Waals surface area contributed by atoms with Crippen molar-refractivity contribution in [1.29, 1.82) is 0 Å². The minimum Gasteiger partial charge on any atom is -0.481 e. The fraction of sp³-hybridized carbons (Fsp3) is 0.769. The molecule has 0 aromatic carbocycles. The summed E-state index contributed by atoms with van der Waals surface area (Å²) in [5.41, 5.74) is 5.10. The zero-order valence-corrected chi connectivity index (χ0v) is 12.1. The van der Waals surface area contributed by atoms with Crippen LogP contribution in [-0.2, 0) is 14.4 Å². The summed E-state index contributed by atoms with van der Waals surface area (Å²) in [6, 6.07) is 0. The largest absolute Gasteiger partial charge is 0.481 e. The van der Waals surface area contributed by atoms with Crippen molar-refractivity contribution >= 4 is 17.8 Å². The number of carbonyl (C=O) groups is 3. The van der Waals surface area contributed by atoms with E-state index in [-0.39, 0.29) is 37.2 Å². The molecule has 2 amide bonds. The average Bonchev–Trinajstić information content (AvgIpc) is 2.38. The Labute approximate surface area is 119 Å². The maximum atomic E-state index is 11.4. The van der Waals surface area contributed by atoms with E-state index in [2.05, 4.69) is 10.6 Å². The second-order valence-electron chi connectivity index (χ2n) is 5.06. The molecule has 0 radical (unpaired) electrons. The summed E-state index contributed by atoms with van der Waals surface area (Å²) in [6.07, 6.45) is 1.47. The first-order valence-electron chi connectivity index (χ1n) is 6.82. The van der Waals surface area contributed by atoms with E-state index in [4.69, 9.17) is 10.8 Å². The van der Waals surface area contributed by atoms with E-state index >= 15 is 0 Å². The van der Waals surface area contributed by atoms with Crippen molar-refractivity contribution < 1.29 is 19.5 Å². The van der Waals surface area contributed by atoms with Gasteiger partial charge in [0, 0.05) is 13.0 Å². The smallest absolute Gasteiger partial charge is 0.303 e. The summed E-state index contributed by atoms with van der Waals surface area (Å²) in [7, 11) is 0. The molecule has 1 atom stereocenters. The molecule has 20 heavy (non-hydrogen) atoms. The summed E-state index contributed by atoms with van der Waals surface area (Å²) in [5.74, 6) is -0.827. The van der Waals surface area contributed by atoms with Crippen LogP contribution in [0.5, 0.6) is 0 Å². The lowest BCUT2D eigenvalue weighted by Crippen LogP contribution is -2.40. The minimum absolute atomic E-state index is 0.0858. The molecule has 0 aliphatic rings. The molecular weight excluding hydrogens is 262 g/mol. The monoisotopic (exact) mass is 287 g/mol. The Bertz CT molecular complexity index is 332. The molecule has 0 aromatic rings. The van der Waals surface area contributed by atoms with Crippen LogP contribution in [0.15, 0.2) is 0 Å². The number of nitrogens with one attached hydrogen (secondary N) is 2. The molecule has 0 aliphatic heterocycles. The summed E-state index contributed by atoms with van der Waals surface area (Å²) in [5, 5.41) is 13.8. The molecule has 116 valence electrons. The van der Waals surface area contributed by atoms with E-state index in [0.29, 0.717) is 18.9 Å². The Morgan fingerprint density at radius 2 is 1.75 bits per heavy atom. The molecule has 0 heterocycles. The van der Waals surface area contributed by atoms with Gasteiger partial charge in [0.25, 0.3) is 0 Å². The van der Waals surface area contributed by atoms with Crippen LogP contribution in [0.25, 0.3) is 0 Å². The minimum atomic E-state index is -0.802. The van der Waals surface area contributed by atoms with Crippen molar-refractivity contribution in [3.63, 3.8) is 0 Å². The normalized spacial score (nSPS) is 12.0. The average molecular weight is 287 g/mol. The van der Waals surface area contributed by atoms with Crippen molar-refractivity contribution in [2.24, 2.45) is 17.6 Å². The number of carbonyl (C=O) groups excluding carboxylic acids is 2. The second-order valence-corrected chi connectivity index (χ2v) is 5.06. The highest BCUT2D eigenvalue weighted by atomic mass is 16.4. The lowest BCUT2D eigenvalue weighted by molar-refractivity contribution is -0.137. The molecule has 0 aliphatic carbocycles. The number of carboxylic acids is 1. The van der Waals surface area contributed by atoms with Crippen molar-refractivity contribution in [2.45, 2.75) is 33.1 Å². The highest BCUT2D eigenvalue weighted by Gasteiger charge is 2.15. The van der Waals surface area contributed by atoms with Gasteiger partial charge in [0.05, 0.1) is 13.1 Å². The molecule has 1 unspecified atom stereocenters. The maximum Gasteiger partial charge on any atom is 0.303 e. The number of hydrogen-bond donors (Lipinski definition) is 4. The maximum absolute atomic E-state index is 11.4. The lowest BCUT2D eigenvalue weighted by Gasteiger charge is -2.20. The number of amides is 2. The molecule has 5 N–H and O–H groups in total. The van der Waals surface area contributed by atoms with Gasteiger partial charge in [-0.25, -0.2) is 0 Å². The Hall–Kier alpha value is -1.63. The number of carboxylic acid groups (broad SMARTS) is 1. The van der Waals surface area contributed by atoms with E-state index in [9.17, 15) is 14.4 Å². The Morgan fingerprint density at radius 3 is 2.25 bits per heavy atom. The van der Waals surface area contributed by atoms with Gasteiger partial charge >= 0.3 is 5.97 Å². The molecule has 7 heteroatoms. The van der Waals surface area contributed by atoms with E-state index in [1.165, 1.54) is 0 Å². The first-order chi connectivity index (χ1) is 9.36. The molecule has 0 fully saturated rings. The van der Waals surface area contributed by atoms with E-state index < -0.39 is 5.97 Å². The van der Waals surface area contributed by atoms with Crippen LogP contribution in [0.4, 0.5) is 0 Å². The molecule has 0 aromatic heterocycles. The van der Waals surface area contributed by atoms with E-state index in [0.717, 1.165) is 6.42 Å². The topological polar surface area (TPSA) is 122 Å². The molecule has 0 rings (SSSR count). The standard InChI is InChI=1S/C13H25N3O4/c1-9(2)10(3-4-13(19)20)5-6-15-12(18)8-16-11(17)7-14/h9-10H,3-8,14H2,1-2H3,(H,15,18)(H,16,17)(H,19,20). The summed E-state index contributed by atoms with van der Waals surface area (Å²) in [4.78, 5) is 32.9. The van der Waals surface area contributed by atoms with Gasteiger partial charge in [-0.1, -0.05) is 13.8 Å². The quantitative estimate of drug-likeness (QED) is 0.439. The third-order valence-electron chi connectivity index (χ3n) is 3.14. The molecular formula is C13H25N3O4. The van der Waals surface area contributed by atoms with Gasteiger partial charge in [0.2, 0.25) is 11.8 Å². The van der Waals surface area contributed by atoms with E-state index in [1.807, 2.05) is 13.8 Å². The summed E-state index contributed by atoms with van der Waals surface area (Å²) in [6.45, 7) is 4.32. The third kappa shape index (κ3) is 9.32. The van der Waals surface area contributed by atoms with Crippen LogP contribution in [-0.4, -0.2) is 42.5 Å². The molecule has 0 spiro atoms. The van der Waals surface area contributed by atoms with Crippen LogP contribution in [0.2, 0.25) is 0 Å². The van der Waals surface area contributed by atoms with Gasteiger partial charge < -0.3 is 21.5 Å². The lowest BCUT2D eigenvalue weighted by atomic mass is 9.88. The van der Waals surface area contributed by atoms with Crippen LogP contribution in [0.1, 0.15) is 33.1 Å². The van der Waals surface area contributed by atoms with Crippen molar-refractivity contribution in [1.82, 2.24) is 10.6 Å². The summed E-state index contributed by atoms with van der Waals surface area (Å²) >= 11 is 0. The molecule has 0 saturated heterocycles. The first-order valence-corrected chi connectivity index (χ1v) is 6.82. The predicted octanol–water partition coefficient (Wildman–Crippen LogP) is -0.295. The highest BCUT2D eigenvalue weighted by molar-refractivity contribution is 5.85. The predicted molar refractivity (Wildman–Crippen MR) is 74.9 cm³/mol. The first kappa shape index (κ1) is 18.4. The second kappa shape index (κ2) is 10.2. The molecule has 0 saturated carbocycles. The number of nitrogens with two attached hydrogens (primary N) is 1. The van der Waals surface area contributed by atoms with Crippen LogP contribution >= 0.6 is 0 Å². The Balaban J connectivity index is 3.90. The van der Waals surface area contributed by atoms with Crippen LogP contribution < -0.4 is 16.4 Å². The third-order valence-corrected chi connectivity index (χ3v) is 3.14. The fourth-order valence-corrected chi connectivity index (χ4v) is 1.83. The van der Waals surface area contributed by atoms with Crippen molar-refractivity contribution in [3.05, 3.63) is 0 Å². The molecule has 7 nitrogen and oxygen atoms in total. The van der Waals surface area contributed by atoms with Crippen LogP contribution in [0.3, 0.4) is 0 Å².